The second-order valence-electron chi connectivity index (χ2n) is 3.31. The molecule has 0 amide bonds. The number of rotatable bonds is 0. The molecular formula is C8H17N. The highest BCUT2D eigenvalue weighted by molar-refractivity contribution is 4.61. The third-order valence-electron chi connectivity index (χ3n) is 2.54. The molecule has 0 aromatic carbocycles. The van der Waals surface area contributed by atoms with Gasteiger partial charge in [-0.05, 0) is 33.1 Å². The lowest BCUT2D eigenvalue weighted by Crippen LogP contribution is -3.14. The molecule has 1 aliphatic rings. The van der Waals surface area contributed by atoms with E-state index in [0.717, 1.165) is 12.1 Å². The van der Waals surface area contributed by atoms with Crippen LogP contribution in [0.2, 0.25) is 0 Å². The summed E-state index contributed by atoms with van der Waals surface area (Å²) in [7, 11) is 4.08. The number of likely N-dealkylation sites (tertiary alicyclic amines) is 1. The fourth-order valence-electron chi connectivity index (χ4n) is 1.59. The summed E-state index contributed by atoms with van der Waals surface area (Å²) < 4.78 is 0. The van der Waals surface area contributed by atoms with Gasteiger partial charge in [0.05, 0.1) is 12.1 Å². The van der Waals surface area contributed by atoms with E-state index in [9.17, 15) is 0 Å². The Morgan fingerprint density at radius 1 is 1.22 bits per heavy atom. The molecule has 1 saturated heterocycles. The van der Waals surface area contributed by atoms with E-state index < -0.39 is 0 Å². The van der Waals surface area contributed by atoms with Crippen LogP contribution in [0.1, 0.15) is 33.1 Å². The molecule has 1 heteroatoms. The molecule has 1 unspecified atom stereocenters. The Kier molecular flexibility index (Phi) is 2.12. The Hall–Kier alpha value is -0.0400. The lowest BCUT2D eigenvalue weighted by molar-refractivity contribution is -0.908. The first-order valence-corrected chi connectivity index (χ1v) is 3.90. The Morgan fingerprint density at radius 3 is 2.00 bits per heavy atom. The molecule has 0 bridgehead atoms. The van der Waals surface area contributed by atoms with Crippen LogP contribution in [-0.4, -0.2) is 12.1 Å². The molecule has 1 nitrogen and oxygen atoms in total. The van der Waals surface area contributed by atoms with Gasteiger partial charge in [-0.3, -0.25) is 0 Å². The summed E-state index contributed by atoms with van der Waals surface area (Å²) in [5.74, 6) is 0. The van der Waals surface area contributed by atoms with E-state index in [1.54, 1.807) is 0 Å². The SMILES string of the molecule is [CH2-][NH+]1[C@H](C)CCC[C@@H]1C. The highest BCUT2D eigenvalue weighted by Gasteiger charge is 2.19. The lowest BCUT2D eigenvalue weighted by Gasteiger charge is -2.38. The van der Waals surface area contributed by atoms with Crippen LogP contribution in [0.4, 0.5) is 0 Å². The molecule has 1 aliphatic heterocycles. The molecule has 1 rings (SSSR count). The Labute approximate surface area is 58.0 Å². The van der Waals surface area contributed by atoms with Crippen LogP contribution in [0.15, 0.2) is 0 Å². The van der Waals surface area contributed by atoms with Gasteiger partial charge in [0.15, 0.2) is 0 Å². The van der Waals surface area contributed by atoms with Crippen LogP contribution in [0, 0.1) is 7.05 Å². The van der Waals surface area contributed by atoms with Gasteiger partial charge >= 0.3 is 0 Å². The van der Waals surface area contributed by atoms with Crippen LogP contribution in [-0.2, 0) is 0 Å². The number of nitrogens with one attached hydrogen (secondary N) is 1. The van der Waals surface area contributed by atoms with Crippen molar-refractivity contribution in [3.63, 3.8) is 0 Å². The van der Waals surface area contributed by atoms with E-state index in [2.05, 4.69) is 20.9 Å². The van der Waals surface area contributed by atoms with Gasteiger partial charge in [-0.25, -0.2) is 0 Å². The van der Waals surface area contributed by atoms with Gasteiger partial charge in [-0.1, -0.05) is 0 Å². The predicted molar refractivity (Wildman–Crippen MR) is 39.1 cm³/mol. The maximum absolute atomic E-state index is 4.08. The molecule has 0 saturated carbocycles. The van der Waals surface area contributed by atoms with Crippen molar-refractivity contribution >= 4 is 0 Å². The van der Waals surface area contributed by atoms with Crippen LogP contribution < -0.4 is 4.90 Å². The van der Waals surface area contributed by atoms with Gasteiger partial charge in [-0.2, -0.15) is 7.05 Å². The third-order valence-corrected chi connectivity index (χ3v) is 2.54. The summed E-state index contributed by atoms with van der Waals surface area (Å²) in [5.41, 5.74) is 0. The van der Waals surface area contributed by atoms with Crippen molar-refractivity contribution in [3.05, 3.63) is 7.05 Å². The summed E-state index contributed by atoms with van der Waals surface area (Å²) in [6.07, 6.45) is 4.13. The second-order valence-corrected chi connectivity index (χ2v) is 3.31. The molecule has 0 aromatic rings. The minimum atomic E-state index is 0.786. The molecule has 0 aromatic heterocycles. The van der Waals surface area contributed by atoms with Crippen LogP contribution in [0.25, 0.3) is 0 Å². The van der Waals surface area contributed by atoms with E-state index in [1.165, 1.54) is 24.2 Å². The van der Waals surface area contributed by atoms with Crippen molar-refractivity contribution in [1.82, 2.24) is 0 Å². The molecule has 0 aliphatic carbocycles. The van der Waals surface area contributed by atoms with Crippen LogP contribution >= 0.6 is 0 Å². The zero-order chi connectivity index (χ0) is 6.85. The Morgan fingerprint density at radius 2 is 1.67 bits per heavy atom. The molecule has 1 heterocycles. The van der Waals surface area contributed by atoms with Crippen molar-refractivity contribution in [3.8, 4) is 0 Å². The predicted octanol–water partition coefficient (Wildman–Crippen LogP) is 0.624. The summed E-state index contributed by atoms with van der Waals surface area (Å²) in [5, 5.41) is 0. The molecule has 1 fully saturated rings. The molecule has 54 valence electrons. The average Bonchev–Trinajstić information content (AvgIpc) is 1.83. The minimum Gasteiger partial charge on any atom is -0.463 e. The van der Waals surface area contributed by atoms with Crippen molar-refractivity contribution in [2.75, 3.05) is 0 Å². The molecule has 0 spiro atoms. The normalized spacial score (nSPS) is 45.0. The summed E-state index contributed by atoms with van der Waals surface area (Å²) in [6, 6.07) is 1.57. The molecule has 3 atom stereocenters. The van der Waals surface area contributed by atoms with Gasteiger partial charge in [0.1, 0.15) is 0 Å². The first kappa shape index (κ1) is 7.07. The molecular weight excluding hydrogens is 110 g/mol. The van der Waals surface area contributed by atoms with Gasteiger partial charge in [0.2, 0.25) is 0 Å². The van der Waals surface area contributed by atoms with Crippen LogP contribution in [0.5, 0.6) is 0 Å². The topological polar surface area (TPSA) is 4.44 Å². The maximum Gasteiger partial charge on any atom is 0.0608 e. The van der Waals surface area contributed by atoms with E-state index in [-0.39, 0.29) is 0 Å². The van der Waals surface area contributed by atoms with Crippen molar-refractivity contribution in [1.29, 1.82) is 0 Å². The molecule has 1 N–H and O–H groups in total. The van der Waals surface area contributed by atoms with Crippen molar-refractivity contribution in [2.24, 2.45) is 0 Å². The zero-order valence-electron chi connectivity index (χ0n) is 6.48. The number of hydrogen-bond donors (Lipinski definition) is 1. The summed E-state index contributed by atoms with van der Waals surface area (Å²) in [6.45, 7) is 4.58. The number of hydrogen-bond acceptors (Lipinski definition) is 0. The second kappa shape index (κ2) is 2.70. The van der Waals surface area contributed by atoms with Crippen molar-refractivity contribution < 1.29 is 4.90 Å². The summed E-state index contributed by atoms with van der Waals surface area (Å²) >= 11 is 0. The quantitative estimate of drug-likeness (QED) is 0.455. The standard InChI is InChI=1S/C8H17N/c1-7-5-4-6-8(2)9(7)3/h7-9H,3-6H2,1-2H3/t7-,8+. The van der Waals surface area contributed by atoms with Gasteiger partial charge in [0, 0.05) is 0 Å². The maximum atomic E-state index is 4.08. The fraction of sp³-hybridized carbons (Fsp3) is 0.875. The highest BCUT2D eigenvalue weighted by atomic mass is 15.2. The smallest absolute Gasteiger partial charge is 0.0608 e. The Balaban J connectivity index is 2.41. The van der Waals surface area contributed by atoms with E-state index in [0.29, 0.717) is 0 Å². The Bertz CT molecular complexity index is 80.6. The van der Waals surface area contributed by atoms with Crippen LogP contribution in [0.3, 0.4) is 0 Å². The minimum absolute atomic E-state index is 0.786. The fourth-order valence-corrected chi connectivity index (χ4v) is 1.59. The number of quaternary nitrogens is 1. The van der Waals surface area contributed by atoms with Gasteiger partial charge in [0.25, 0.3) is 0 Å². The first-order valence-electron chi connectivity index (χ1n) is 3.90. The first-order chi connectivity index (χ1) is 4.22. The monoisotopic (exact) mass is 127 g/mol. The van der Waals surface area contributed by atoms with Crippen molar-refractivity contribution in [2.45, 2.75) is 45.2 Å². The van der Waals surface area contributed by atoms with E-state index in [1.807, 2.05) is 0 Å². The van der Waals surface area contributed by atoms with E-state index in [4.69, 9.17) is 0 Å². The number of piperidine rings is 1. The molecule has 9 heavy (non-hydrogen) atoms. The lowest BCUT2D eigenvalue weighted by atomic mass is 9.99. The molecule has 0 radical (unpaired) electrons. The average molecular weight is 127 g/mol. The third kappa shape index (κ3) is 1.45. The van der Waals surface area contributed by atoms with Gasteiger partial charge < -0.3 is 4.90 Å². The largest absolute Gasteiger partial charge is 0.463 e. The van der Waals surface area contributed by atoms with Gasteiger partial charge in [-0.15, -0.1) is 0 Å². The zero-order valence-corrected chi connectivity index (χ0v) is 6.48. The highest BCUT2D eigenvalue weighted by Crippen LogP contribution is 2.06. The van der Waals surface area contributed by atoms with E-state index >= 15 is 0 Å². The summed E-state index contributed by atoms with van der Waals surface area (Å²) in [4.78, 5) is 1.47.